The summed E-state index contributed by atoms with van der Waals surface area (Å²) in [5.41, 5.74) is 4.57. The Kier molecular flexibility index (Phi) is 2.28. The monoisotopic (exact) mass is 84.0 g/mol. The number of nitrogens with one attached hydrogen (secondary N) is 1. The highest BCUT2D eigenvalue weighted by Crippen LogP contribution is 1.45. The van der Waals surface area contributed by atoms with Gasteiger partial charge in [-0.1, -0.05) is 0 Å². The van der Waals surface area contributed by atoms with Crippen LogP contribution in [0.25, 0.3) is 0 Å². The second-order valence-electron chi connectivity index (χ2n) is 0.745. The highest BCUT2D eigenvalue weighted by atomic mass is 16.2. The van der Waals surface area contributed by atoms with Gasteiger partial charge >= 0.3 is 6.03 Å². The van der Waals surface area contributed by atoms with Gasteiger partial charge in [-0.25, -0.2) is 4.79 Å². The zero-order chi connectivity index (χ0) is 4.99. The van der Waals surface area contributed by atoms with Crippen LogP contribution in [-0.2, 0) is 0 Å². The zero-order valence-electron chi connectivity index (χ0n) is 3.27. The minimum Gasteiger partial charge on any atom is -0.352 e. The number of primary amides is 1. The summed E-state index contributed by atoms with van der Waals surface area (Å²) in [4.78, 5) is 9.63. The molecule has 3 nitrogen and oxygen atoms in total. The lowest BCUT2D eigenvalue weighted by Gasteiger charge is -1.89. The van der Waals surface area contributed by atoms with Crippen LogP contribution < -0.4 is 11.1 Å². The van der Waals surface area contributed by atoms with Gasteiger partial charge in [-0.2, -0.15) is 0 Å². The Morgan fingerprint density at radius 3 is 2.50 bits per heavy atom. The first-order chi connectivity index (χ1) is 2.77. The molecule has 0 aliphatic rings. The number of hydrogen-bond acceptors (Lipinski definition) is 1. The molecule has 3 N–H and O–H groups in total. The van der Waals surface area contributed by atoms with E-state index in [1.165, 1.54) is 0 Å². The fourth-order valence-electron chi connectivity index (χ4n) is 0.101. The van der Waals surface area contributed by atoms with Crippen LogP contribution in [0.15, 0.2) is 0 Å². The maximum absolute atomic E-state index is 9.63. The van der Waals surface area contributed by atoms with Gasteiger partial charge in [0, 0.05) is 0 Å². The van der Waals surface area contributed by atoms with Crippen LogP contribution in [0.2, 0.25) is 0 Å². The number of nitrogens with two attached hydrogens (primary N) is 1. The van der Waals surface area contributed by atoms with E-state index in [1.54, 1.807) is 0 Å². The highest BCUT2D eigenvalue weighted by molar-refractivity contribution is 6.09. The second-order valence-corrected chi connectivity index (χ2v) is 0.745. The van der Waals surface area contributed by atoms with Crippen LogP contribution in [0.1, 0.15) is 0 Å². The Morgan fingerprint density at radius 1 is 2.00 bits per heavy atom. The molecule has 2 amide bonds. The van der Waals surface area contributed by atoms with E-state index in [1.807, 2.05) is 0 Å². The summed E-state index contributed by atoms with van der Waals surface area (Å²) < 4.78 is 0. The molecule has 2 radical (unpaired) electrons. The Balaban J connectivity index is 2.83. The highest BCUT2D eigenvalue weighted by Gasteiger charge is 1.79. The number of hydrogen-bond donors (Lipinski definition) is 2. The van der Waals surface area contributed by atoms with E-state index < -0.39 is 6.03 Å². The Hall–Kier alpha value is -0.665. The standard InChI is InChI=1S/C2H5BN2O/c3-1-5-2(4)6/h1H2,(H3,4,5,6). The Labute approximate surface area is 37.3 Å². The summed E-state index contributed by atoms with van der Waals surface area (Å²) in [5.74, 6) is 0. The third kappa shape index (κ3) is 3.33. The van der Waals surface area contributed by atoms with Crippen molar-refractivity contribution in [1.82, 2.24) is 5.32 Å². The van der Waals surface area contributed by atoms with E-state index in [0.29, 0.717) is 0 Å². The summed E-state index contributed by atoms with van der Waals surface area (Å²) >= 11 is 0. The van der Waals surface area contributed by atoms with Gasteiger partial charge in [-0.15, -0.1) is 0 Å². The van der Waals surface area contributed by atoms with E-state index in [4.69, 9.17) is 7.85 Å². The summed E-state index contributed by atoms with van der Waals surface area (Å²) in [5, 5.41) is 2.12. The predicted octanol–water partition coefficient (Wildman–Crippen LogP) is -1.22. The normalized spacial score (nSPS) is 7.33. The zero-order valence-corrected chi connectivity index (χ0v) is 3.27. The number of carbonyl (C=O) groups is 1. The molecule has 0 bridgehead atoms. The fourth-order valence-corrected chi connectivity index (χ4v) is 0.101. The maximum Gasteiger partial charge on any atom is 0.311 e. The lowest BCUT2D eigenvalue weighted by atomic mass is 10.2. The van der Waals surface area contributed by atoms with Crippen molar-refractivity contribution in [1.29, 1.82) is 0 Å². The van der Waals surface area contributed by atoms with Gasteiger partial charge in [-0.3, -0.25) is 0 Å². The molecule has 0 saturated heterocycles. The Morgan fingerprint density at radius 2 is 2.50 bits per heavy atom. The minimum absolute atomic E-state index is 0.106. The van der Waals surface area contributed by atoms with Crippen LogP contribution in [0.4, 0.5) is 4.79 Å². The van der Waals surface area contributed by atoms with E-state index in [9.17, 15) is 4.79 Å². The molecule has 6 heavy (non-hydrogen) atoms. The largest absolute Gasteiger partial charge is 0.352 e. The van der Waals surface area contributed by atoms with Gasteiger partial charge in [0.15, 0.2) is 0 Å². The number of rotatable bonds is 1. The molecule has 0 aliphatic carbocycles. The lowest BCUT2D eigenvalue weighted by molar-refractivity contribution is 0.250. The molecule has 0 aromatic heterocycles. The molecule has 0 aromatic carbocycles. The molecule has 0 rings (SSSR count). The molecule has 0 aromatic rings. The third-order valence-electron chi connectivity index (χ3n) is 0.276. The van der Waals surface area contributed by atoms with Gasteiger partial charge in [-0.05, 0) is 6.44 Å². The molecule has 0 spiro atoms. The average Bonchev–Trinajstić information content (AvgIpc) is 1.35. The van der Waals surface area contributed by atoms with Crippen molar-refractivity contribution < 1.29 is 4.79 Å². The van der Waals surface area contributed by atoms with Gasteiger partial charge < -0.3 is 11.1 Å². The van der Waals surface area contributed by atoms with Crippen molar-refractivity contribution in [2.75, 3.05) is 6.44 Å². The van der Waals surface area contributed by atoms with Crippen LogP contribution in [-0.4, -0.2) is 20.3 Å². The second kappa shape index (κ2) is 2.57. The molecule has 0 fully saturated rings. The van der Waals surface area contributed by atoms with Gasteiger partial charge in [0.1, 0.15) is 0 Å². The van der Waals surface area contributed by atoms with Crippen molar-refractivity contribution in [3.05, 3.63) is 0 Å². The first-order valence-corrected chi connectivity index (χ1v) is 1.50. The molecular formula is C2H5BN2O. The Bertz CT molecular complexity index is 55.5. The first kappa shape index (κ1) is 5.33. The summed E-state index contributed by atoms with van der Waals surface area (Å²) in [6.45, 7) is 0. The van der Waals surface area contributed by atoms with E-state index in [-0.39, 0.29) is 6.44 Å². The van der Waals surface area contributed by atoms with Gasteiger partial charge in [0.25, 0.3) is 0 Å². The molecular weight excluding hydrogens is 78.8 g/mol. The molecule has 0 saturated carbocycles. The SMILES string of the molecule is [B]CNC(N)=O. The summed E-state index contributed by atoms with van der Waals surface area (Å²) in [7, 11) is 4.82. The summed E-state index contributed by atoms with van der Waals surface area (Å²) in [6, 6.07) is -0.586. The first-order valence-electron chi connectivity index (χ1n) is 1.50. The maximum atomic E-state index is 9.63. The average molecular weight is 83.9 g/mol. The van der Waals surface area contributed by atoms with Crippen LogP contribution >= 0.6 is 0 Å². The minimum atomic E-state index is -0.586. The van der Waals surface area contributed by atoms with Crippen LogP contribution in [0.5, 0.6) is 0 Å². The fraction of sp³-hybridized carbons (Fsp3) is 0.500. The number of amides is 2. The topological polar surface area (TPSA) is 55.1 Å². The van der Waals surface area contributed by atoms with Crippen molar-refractivity contribution in [3.8, 4) is 0 Å². The van der Waals surface area contributed by atoms with Gasteiger partial charge in [0.2, 0.25) is 0 Å². The van der Waals surface area contributed by atoms with Crippen molar-refractivity contribution in [2.45, 2.75) is 0 Å². The predicted molar refractivity (Wildman–Crippen MR) is 23.3 cm³/mol. The number of carbonyl (C=O) groups excluding carboxylic acids is 1. The molecule has 4 heteroatoms. The lowest BCUT2D eigenvalue weighted by Crippen LogP contribution is -2.29. The smallest absolute Gasteiger partial charge is 0.311 e. The van der Waals surface area contributed by atoms with E-state index >= 15 is 0 Å². The van der Waals surface area contributed by atoms with Crippen molar-refractivity contribution in [2.24, 2.45) is 5.73 Å². The van der Waals surface area contributed by atoms with E-state index in [0.717, 1.165) is 0 Å². The van der Waals surface area contributed by atoms with Crippen LogP contribution in [0.3, 0.4) is 0 Å². The quantitative estimate of drug-likeness (QED) is 0.384. The molecule has 0 aliphatic heterocycles. The summed E-state index contributed by atoms with van der Waals surface area (Å²) in [6.07, 6.45) is 0.106. The third-order valence-corrected chi connectivity index (χ3v) is 0.276. The van der Waals surface area contributed by atoms with E-state index in [2.05, 4.69) is 11.1 Å². The van der Waals surface area contributed by atoms with Crippen molar-refractivity contribution >= 4 is 13.9 Å². The molecule has 0 atom stereocenters. The molecule has 0 heterocycles. The molecule has 32 valence electrons. The molecule has 0 unspecified atom stereocenters. The van der Waals surface area contributed by atoms with Crippen molar-refractivity contribution in [3.63, 3.8) is 0 Å². The number of urea groups is 1. The van der Waals surface area contributed by atoms with Gasteiger partial charge in [0.05, 0.1) is 7.85 Å². The van der Waals surface area contributed by atoms with Crippen LogP contribution in [0, 0.1) is 0 Å².